The predicted octanol–water partition coefficient (Wildman–Crippen LogP) is 1.70. The normalized spacial score (nSPS) is 9.91. The number of benzene rings is 1. The van der Waals surface area contributed by atoms with Crippen LogP contribution in [0.25, 0.3) is 0 Å². The SMILES string of the molecule is CCCCNC(=O)NC(=O)COC(=O)c1ccc(Cl)cc1N. The lowest BCUT2D eigenvalue weighted by Crippen LogP contribution is -2.41. The molecular weight excluding hydrogens is 310 g/mol. The number of rotatable bonds is 6. The number of nitrogen functional groups attached to an aromatic ring is 1. The Kier molecular flexibility index (Phi) is 7.18. The summed E-state index contributed by atoms with van der Waals surface area (Å²) in [5.41, 5.74) is 5.88. The van der Waals surface area contributed by atoms with Crippen LogP contribution in [0.4, 0.5) is 10.5 Å². The number of carbonyl (C=O) groups excluding carboxylic acids is 3. The highest BCUT2D eigenvalue weighted by molar-refractivity contribution is 6.31. The van der Waals surface area contributed by atoms with E-state index in [-0.39, 0.29) is 11.3 Å². The third kappa shape index (κ3) is 6.01. The van der Waals surface area contributed by atoms with Crippen LogP contribution in [-0.4, -0.2) is 31.1 Å². The molecule has 0 atom stereocenters. The monoisotopic (exact) mass is 327 g/mol. The zero-order valence-corrected chi connectivity index (χ0v) is 12.9. The topological polar surface area (TPSA) is 111 Å². The molecule has 0 aliphatic heterocycles. The summed E-state index contributed by atoms with van der Waals surface area (Å²) in [6.45, 7) is 1.87. The zero-order chi connectivity index (χ0) is 16.5. The second-order valence-electron chi connectivity index (χ2n) is 4.47. The van der Waals surface area contributed by atoms with Gasteiger partial charge in [-0.2, -0.15) is 0 Å². The lowest BCUT2D eigenvalue weighted by molar-refractivity contribution is -0.123. The molecule has 0 unspecified atom stereocenters. The van der Waals surface area contributed by atoms with E-state index in [1.165, 1.54) is 18.2 Å². The summed E-state index contributed by atoms with van der Waals surface area (Å²) in [6, 6.07) is 3.66. The number of anilines is 1. The maximum absolute atomic E-state index is 11.8. The van der Waals surface area contributed by atoms with Gasteiger partial charge in [-0.25, -0.2) is 9.59 Å². The van der Waals surface area contributed by atoms with Gasteiger partial charge in [-0.15, -0.1) is 0 Å². The summed E-state index contributed by atoms with van der Waals surface area (Å²) in [5, 5.41) is 4.94. The van der Waals surface area contributed by atoms with E-state index in [4.69, 9.17) is 22.1 Å². The number of ether oxygens (including phenoxy) is 1. The first-order valence-electron chi connectivity index (χ1n) is 6.74. The van der Waals surface area contributed by atoms with Crippen molar-refractivity contribution in [3.63, 3.8) is 0 Å². The van der Waals surface area contributed by atoms with Crippen LogP contribution in [0.3, 0.4) is 0 Å². The summed E-state index contributed by atoms with van der Waals surface area (Å²) in [6.07, 6.45) is 1.74. The summed E-state index contributed by atoms with van der Waals surface area (Å²) in [4.78, 5) is 34.5. The van der Waals surface area contributed by atoms with Crippen molar-refractivity contribution in [2.24, 2.45) is 0 Å². The molecule has 0 bridgehead atoms. The average Bonchev–Trinajstić information content (AvgIpc) is 2.45. The minimum absolute atomic E-state index is 0.101. The van der Waals surface area contributed by atoms with Crippen molar-refractivity contribution < 1.29 is 19.1 Å². The highest BCUT2D eigenvalue weighted by Gasteiger charge is 2.14. The van der Waals surface area contributed by atoms with Crippen LogP contribution in [0, 0.1) is 0 Å². The first-order chi connectivity index (χ1) is 10.4. The van der Waals surface area contributed by atoms with Crippen molar-refractivity contribution in [1.82, 2.24) is 10.6 Å². The first kappa shape index (κ1) is 17.8. The summed E-state index contributed by atoms with van der Waals surface area (Å²) < 4.78 is 4.78. The molecule has 4 N–H and O–H groups in total. The third-order valence-electron chi connectivity index (χ3n) is 2.64. The molecule has 8 heteroatoms. The third-order valence-corrected chi connectivity index (χ3v) is 2.87. The van der Waals surface area contributed by atoms with Crippen LogP contribution in [0.2, 0.25) is 5.02 Å². The Morgan fingerprint density at radius 3 is 2.68 bits per heavy atom. The number of imide groups is 1. The van der Waals surface area contributed by atoms with Crippen LogP contribution >= 0.6 is 11.6 Å². The quantitative estimate of drug-likeness (QED) is 0.418. The molecule has 1 aromatic rings. The second-order valence-corrected chi connectivity index (χ2v) is 4.90. The number of unbranched alkanes of at least 4 members (excludes halogenated alkanes) is 1. The lowest BCUT2D eigenvalue weighted by atomic mass is 10.2. The number of hydrogen-bond acceptors (Lipinski definition) is 5. The Bertz CT molecular complexity index is 563. The fourth-order valence-electron chi connectivity index (χ4n) is 1.51. The van der Waals surface area contributed by atoms with E-state index in [1.54, 1.807) is 0 Å². The number of amides is 3. The molecule has 0 spiro atoms. The number of halogens is 1. The molecule has 0 heterocycles. The highest BCUT2D eigenvalue weighted by atomic mass is 35.5. The number of nitrogens with two attached hydrogens (primary N) is 1. The van der Waals surface area contributed by atoms with E-state index in [1.807, 2.05) is 6.92 Å². The van der Waals surface area contributed by atoms with Crippen LogP contribution in [0.1, 0.15) is 30.1 Å². The largest absolute Gasteiger partial charge is 0.452 e. The van der Waals surface area contributed by atoms with Gasteiger partial charge in [0.05, 0.1) is 5.56 Å². The second kappa shape index (κ2) is 8.89. The smallest absolute Gasteiger partial charge is 0.340 e. The summed E-state index contributed by atoms with van der Waals surface area (Å²) in [5.74, 6) is -1.49. The molecule has 22 heavy (non-hydrogen) atoms. The molecule has 1 rings (SSSR count). The Labute approximate surface area is 133 Å². The van der Waals surface area contributed by atoms with Gasteiger partial charge in [0.1, 0.15) is 0 Å². The van der Waals surface area contributed by atoms with Gasteiger partial charge in [0, 0.05) is 17.3 Å². The van der Waals surface area contributed by atoms with E-state index >= 15 is 0 Å². The van der Waals surface area contributed by atoms with Crippen LogP contribution in [-0.2, 0) is 9.53 Å². The molecule has 0 aliphatic carbocycles. The van der Waals surface area contributed by atoms with Gasteiger partial charge >= 0.3 is 12.0 Å². The van der Waals surface area contributed by atoms with E-state index in [2.05, 4.69) is 10.6 Å². The molecule has 0 fully saturated rings. The molecular formula is C14H18ClN3O4. The standard InChI is InChI=1S/C14H18ClN3O4/c1-2-3-6-17-14(21)18-12(19)8-22-13(20)10-5-4-9(15)7-11(10)16/h4-5,7H,2-3,6,8,16H2,1H3,(H2,17,18,19,21). The predicted molar refractivity (Wildman–Crippen MR) is 82.6 cm³/mol. The van der Waals surface area contributed by atoms with Crippen LogP contribution in [0.5, 0.6) is 0 Å². The minimum Gasteiger partial charge on any atom is -0.452 e. The summed E-state index contributed by atoms with van der Waals surface area (Å²) >= 11 is 5.72. The van der Waals surface area contributed by atoms with Crippen LogP contribution in [0.15, 0.2) is 18.2 Å². The van der Waals surface area contributed by atoms with E-state index in [9.17, 15) is 14.4 Å². The number of hydrogen-bond donors (Lipinski definition) is 3. The molecule has 7 nitrogen and oxygen atoms in total. The molecule has 1 aromatic carbocycles. The van der Waals surface area contributed by atoms with Crippen molar-refractivity contribution in [1.29, 1.82) is 0 Å². The molecule has 120 valence electrons. The van der Waals surface area contributed by atoms with E-state index in [0.717, 1.165) is 12.8 Å². The van der Waals surface area contributed by atoms with Gasteiger partial charge in [0.15, 0.2) is 6.61 Å². The lowest BCUT2D eigenvalue weighted by Gasteiger charge is -2.08. The average molecular weight is 328 g/mol. The number of carbonyl (C=O) groups is 3. The van der Waals surface area contributed by atoms with Gasteiger partial charge in [0.25, 0.3) is 5.91 Å². The Hall–Kier alpha value is -2.28. The van der Waals surface area contributed by atoms with Crippen LogP contribution < -0.4 is 16.4 Å². The summed E-state index contributed by atoms with van der Waals surface area (Å²) in [7, 11) is 0. The van der Waals surface area contributed by atoms with Gasteiger partial charge in [0.2, 0.25) is 0 Å². The first-order valence-corrected chi connectivity index (χ1v) is 7.11. The number of nitrogens with one attached hydrogen (secondary N) is 2. The maximum Gasteiger partial charge on any atom is 0.340 e. The Morgan fingerprint density at radius 2 is 2.05 bits per heavy atom. The minimum atomic E-state index is -0.768. The van der Waals surface area contributed by atoms with Crippen molar-refractivity contribution >= 4 is 35.2 Å². The molecule has 0 saturated heterocycles. The highest BCUT2D eigenvalue weighted by Crippen LogP contribution is 2.18. The van der Waals surface area contributed by atoms with Crippen molar-refractivity contribution in [3.05, 3.63) is 28.8 Å². The molecule has 0 aliphatic rings. The molecule has 0 saturated carbocycles. The Balaban J connectivity index is 2.40. The van der Waals surface area contributed by atoms with Gasteiger partial charge in [-0.1, -0.05) is 24.9 Å². The van der Waals surface area contributed by atoms with E-state index in [0.29, 0.717) is 11.6 Å². The van der Waals surface area contributed by atoms with Gasteiger partial charge in [-0.05, 0) is 24.6 Å². The van der Waals surface area contributed by atoms with Crippen molar-refractivity contribution in [2.75, 3.05) is 18.9 Å². The van der Waals surface area contributed by atoms with Crippen molar-refractivity contribution in [2.45, 2.75) is 19.8 Å². The zero-order valence-electron chi connectivity index (χ0n) is 12.1. The number of urea groups is 1. The molecule has 0 radical (unpaired) electrons. The van der Waals surface area contributed by atoms with E-state index < -0.39 is 24.5 Å². The fourth-order valence-corrected chi connectivity index (χ4v) is 1.69. The maximum atomic E-state index is 11.8. The Morgan fingerprint density at radius 1 is 1.32 bits per heavy atom. The van der Waals surface area contributed by atoms with Crippen molar-refractivity contribution in [3.8, 4) is 0 Å². The molecule has 0 aromatic heterocycles. The van der Waals surface area contributed by atoms with Gasteiger partial charge in [-0.3, -0.25) is 10.1 Å². The molecule has 3 amide bonds. The number of esters is 1. The van der Waals surface area contributed by atoms with Gasteiger partial charge < -0.3 is 15.8 Å². The fraction of sp³-hybridized carbons (Fsp3) is 0.357.